The summed E-state index contributed by atoms with van der Waals surface area (Å²) in [5, 5.41) is 8.43. The third-order valence-corrected chi connectivity index (χ3v) is 2.64. The lowest BCUT2D eigenvalue weighted by molar-refractivity contribution is 0.0992. The largest absolute Gasteiger partial charge is 0.366 e. The van der Waals surface area contributed by atoms with Crippen molar-refractivity contribution in [3.63, 3.8) is 0 Å². The van der Waals surface area contributed by atoms with Crippen LogP contribution in [0.25, 0.3) is 0 Å². The molecule has 6 nitrogen and oxygen atoms in total. The smallest absolute Gasteiger partial charge is 0.259 e. The Balaban J connectivity index is 2.34. The Bertz CT molecular complexity index is 697. The molecule has 0 saturated carbocycles. The number of nitrogens with one attached hydrogen (secondary N) is 2. The van der Waals surface area contributed by atoms with Crippen LogP contribution in [-0.2, 0) is 0 Å². The molecule has 0 unspecified atom stereocenters. The van der Waals surface area contributed by atoms with Crippen LogP contribution in [0.4, 0.5) is 14.5 Å². The monoisotopic (exact) mass is 280 g/mol. The summed E-state index contributed by atoms with van der Waals surface area (Å²) in [6.45, 7) is 1.61. The van der Waals surface area contributed by atoms with Gasteiger partial charge in [-0.1, -0.05) is 0 Å². The van der Waals surface area contributed by atoms with E-state index in [-0.39, 0.29) is 11.3 Å². The van der Waals surface area contributed by atoms with Crippen molar-refractivity contribution < 1.29 is 18.4 Å². The molecular weight excluding hydrogens is 270 g/mol. The van der Waals surface area contributed by atoms with Gasteiger partial charge in [0, 0.05) is 11.8 Å². The van der Waals surface area contributed by atoms with Crippen LogP contribution in [0.5, 0.6) is 0 Å². The van der Waals surface area contributed by atoms with Crippen molar-refractivity contribution in [1.29, 1.82) is 0 Å². The Morgan fingerprint density at radius 2 is 1.95 bits per heavy atom. The van der Waals surface area contributed by atoms with Crippen LogP contribution >= 0.6 is 0 Å². The molecule has 2 rings (SSSR count). The van der Waals surface area contributed by atoms with Gasteiger partial charge in [-0.3, -0.25) is 14.7 Å². The van der Waals surface area contributed by atoms with Crippen LogP contribution in [0.15, 0.2) is 18.3 Å². The molecule has 104 valence electrons. The third-order valence-electron chi connectivity index (χ3n) is 2.64. The third kappa shape index (κ3) is 2.48. The first-order valence-corrected chi connectivity index (χ1v) is 5.50. The number of rotatable bonds is 3. The van der Waals surface area contributed by atoms with Gasteiger partial charge in [-0.15, -0.1) is 0 Å². The van der Waals surface area contributed by atoms with Gasteiger partial charge in [0.15, 0.2) is 0 Å². The highest BCUT2D eigenvalue weighted by atomic mass is 19.1. The zero-order chi connectivity index (χ0) is 14.9. The number of aromatic nitrogens is 2. The van der Waals surface area contributed by atoms with Crippen molar-refractivity contribution in [2.24, 2.45) is 5.73 Å². The topological polar surface area (TPSA) is 101 Å². The highest BCUT2D eigenvalue weighted by Gasteiger charge is 2.17. The fourth-order valence-corrected chi connectivity index (χ4v) is 1.60. The molecule has 0 atom stereocenters. The zero-order valence-corrected chi connectivity index (χ0v) is 10.3. The number of halogens is 2. The van der Waals surface area contributed by atoms with Crippen molar-refractivity contribution in [3.05, 3.63) is 46.8 Å². The van der Waals surface area contributed by atoms with Gasteiger partial charge in [0.25, 0.3) is 11.8 Å². The normalized spacial score (nSPS) is 10.3. The lowest BCUT2D eigenvalue weighted by Crippen LogP contribution is -2.17. The van der Waals surface area contributed by atoms with Gasteiger partial charge in [0.05, 0.1) is 23.0 Å². The Morgan fingerprint density at radius 3 is 2.50 bits per heavy atom. The quantitative estimate of drug-likeness (QED) is 0.790. The predicted molar refractivity (Wildman–Crippen MR) is 66.2 cm³/mol. The fourth-order valence-electron chi connectivity index (χ4n) is 1.60. The maximum atomic E-state index is 13.6. The van der Waals surface area contributed by atoms with Crippen LogP contribution < -0.4 is 11.1 Å². The Kier molecular flexibility index (Phi) is 3.47. The van der Waals surface area contributed by atoms with Crippen molar-refractivity contribution in [3.8, 4) is 0 Å². The lowest BCUT2D eigenvalue weighted by Gasteiger charge is -2.08. The molecule has 1 aromatic carbocycles. The van der Waals surface area contributed by atoms with Crippen molar-refractivity contribution in [2.45, 2.75) is 6.92 Å². The van der Waals surface area contributed by atoms with Gasteiger partial charge in [-0.25, -0.2) is 8.78 Å². The Labute approximate surface area is 112 Å². The fraction of sp³-hybridized carbons (Fsp3) is 0.0833. The van der Waals surface area contributed by atoms with E-state index in [0.717, 1.165) is 6.07 Å². The number of nitrogens with zero attached hydrogens (tertiary/aromatic N) is 1. The summed E-state index contributed by atoms with van der Waals surface area (Å²) in [4.78, 5) is 22.9. The summed E-state index contributed by atoms with van der Waals surface area (Å²) in [5.41, 5.74) is 4.79. The number of amides is 2. The second kappa shape index (κ2) is 5.08. The van der Waals surface area contributed by atoms with E-state index >= 15 is 0 Å². The van der Waals surface area contributed by atoms with E-state index in [1.807, 2.05) is 0 Å². The van der Waals surface area contributed by atoms with Crippen LogP contribution in [0.1, 0.15) is 26.4 Å². The molecule has 1 aromatic heterocycles. The van der Waals surface area contributed by atoms with Gasteiger partial charge >= 0.3 is 0 Å². The van der Waals surface area contributed by atoms with Gasteiger partial charge in [0.1, 0.15) is 11.6 Å². The van der Waals surface area contributed by atoms with E-state index in [1.54, 1.807) is 6.92 Å². The van der Waals surface area contributed by atoms with Gasteiger partial charge in [-0.2, -0.15) is 5.10 Å². The zero-order valence-electron chi connectivity index (χ0n) is 10.3. The summed E-state index contributed by atoms with van der Waals surface area (Å²) < 4.78 is 26.9. The molecule has 2 aromatic rings. The first kappa shape index (κ1) is 13.7. The second-order valence-electron chi connectivity index (χ2n) is 4.04. The van der Waals surface area contributed by atoms with E-state index in [2.05, 4.69) is 15.5 Å². The molecule has 0 aliphatic carbocycles. The van der Waals surface area contributed by atoms with Gasteiger partial charge in [-0.05, 0) is 13.0 Å². The first-order chi connectivity index (χ1) is 9.40. The van der Waals surface area contributed by atoms with Crippen molar-refractivity contribution in [2.75, 3.05) is 5.32 Å². The minimum absolute atomic E-state index is 0.203. The molecule has 0 bridgehead atoms. The first-order valence-electron chi connectivity index (χ1n) is 5.50. The molecule has 2 amide bonds. The SMILES string of the molecule is Cc1[nH]ncc1C(=O)Nc1cc(C(N)=O)c(F)cc1F. The number of hydrogen-bond acceptors (Lipinski definition) is 3. The maximum absolute atomic E-state index is 13.6. The van der Waals surface area contributed by atoms with E-state index in [9.17, 15) is 18.4 Å². The van der Waals surface area contributed by atoms with Crippen LogP contribution in [0, 0.1) is 18.6 Å². The number of carbonyl (C=O) groups excluding carboxylic acids is 2. The molecule has 0 saturated heterocycles. The number of aromatic amines is 1. The number of anilines is 1. The van der Waals surface area contributed by atoms with Gasteiger partial charge in [0.2, 0.25) is 0 Å². The maximum Gasteiger partial charge on any atom is 0.259 e. The lowest BCUT2D eigenvalue weighted by atomic mass is 10.1. The number of primary amides is 1. The molecule has 0 fully saturated rings. The van der Waals surface area contributed by atoms with E-state index in [0.29, 0.717) is 11.8 Å². The molecule has 4 N–H and O–H groups in total. The number of carbonyl (C=O) groups is 2. The number of H-pyrrole nitrogens is 1. The number of hydrogen-bond donors (Lipinski definition) is 3. The highest BCUT2D eigenvalue weighted by molar-refractivity contribution is 6.05. The molecule has 20 heavy (non-hydrogen) atoms. The van der Waals surface area contributed by atoms with Crippen molar-refractivity contribution in [1.82, 2.24) is 10.2 Å². The molecule has 8 heteroatoms. The minimum atomic E-state index is -1.09. The highest BCUT2D eigenvalue weighted by Crippen LogP contribution is 2.20. The van der Waals surface area contributed by atoms with Gasteiger partial charge < -0.3 is 11.1 Å². The number of benzene rings is 1. The molecular formula is C12H10F2N4O2. The average Bonchev–Trinajstić information content (AvgIpc) is 2.78. The summed E-state index contributed by atoms with van der Waals surface area (Å²) >= 11 is 0. The number of nitrogens with two attached hydrogens (primary N) is 1. The molecule has 0 aliphatic rings. The summed E-state index contributed by atoms with van der Waals surface area (Å²) in [6.07, 6.45) is 1.26. The summed E-state index contributed by atoms with van der Waals surface area (Å²) in [7, 11) is 0. The van der Waals surface area contributed by atoms with E-state index in [1.165, 1.54) is 6.20 Å². The summed E-state index contributed by atoms with van der Waals surface area (Å²) in [6, 6.07) is 1.33. The minimum Gasteiger partial charge on any atom is -0.366 e. The number of aryl methyl sites for hydroxylation is 1. The van der Waals surface area contributed by atoms with Crippen LogP contribution in [0.2, 0.25) is 0 Å². The Morgan fingerprint density at radius 1 is 1.25 bits per heavy atom. The molecule has 1 heterocycles. The van der Waals surface area contributed by atoms with E-state index < -0.39 is 29.0 Å². The van der Waals surface area contributed by atoms with E-state index in [4.69, 9.17) is 5.73 Å². The van der Waals surface area contributed by atoms with Crippen LogP contribution in [-0.4, -0.2) is 22.0 Å². The van der Waals surface area contributed by atoms with Crippen molar-refractivity contribution >= 4 is 17.5 Å². The molecule has 0 radical (unpaired) electrons. The summed E-state index contributed by atoms with van der Waals surface area (Å²) in [5.74, 6) is -3.80. The molecule has 0 spiro atoms. The van der Waals surface area contributed by atoms with Crippen LogP contribution in [0.3, 0.4) is 0 Å². The Hall–Kier alpha value is -2.77. The average molecular weight is 280 g/mol. The molecule has 0 aliphatic heterocycles. The predicted octanol–water partition coefficient (Wildman–Crippen LogP) is 1.35. The standard InChI is InChI=1S/C12H10F2N4O2/c1-5-7(4-16-18-5)12(20)17-10-2-6(11(15)19)8(13)3-9(10)14/h2-4H,1H3,(H2,15,19)(H,16,18)(H,17,20). The second-order valence-corrected chi connectivity index (χ2v) is 4.04.